The second kappa shape index (κ2) is 6.93. The van der Waals surface area contributed by atoms with Crippen molar-refractivity contribution in [2.24, 2.45) is 5.92 Å². The van der Waals surface area contributed by atoms with Gasteiger partial charge in [0.2, 0.25) is 0 Å². The first-order chi connectivity index (χ1) is 12.9. The Bertz CT molecular complexity index is 1050. The quantitative estimate of drug-likeness (QED) is 0.680. The third-order valence-corrected chi connectivity index (χ3v) is 6.82. The van der Waals surface area contributed by atoms with Crippen LogP contribution in [0.5, 0.6) is 0 Å². The molecule has 2 aromatic carbocycles. The number of hydrogen-bond donors (Lipinski definition) is 0. The van der Waals surface area contributed by atoms with E-state index in [-0.39, 0.29) is 23.2 Å². The summed E-state index contributed by atoms with van der Waals surface area (Å²) in [6.45, 7) is 2.42. The van der Waals surface area contributed by atoms with Crippen molar-refractivity contribution < 1.29 is 12.8 Å². The van der Waals surface area contributed by atoms with Crippen LogP contribution < -0.4 is 0 Å². The van der Waals surface area contributed by atoms with Crippen molar-refractivity contribution in [1.82, 2.24) is 9.55 Å². The predicted molar refractivity (Wildman–Crippen MR) is 105 cm³/mol. The maximum absolute atomic E-state index is 14.1. The molecule has 1 aliphatic heterocycles. The van der Waals surface area contributed by atoms with E-state index >= 15 is 0 Å². The van der Waals surface area contributed by atoms with Gasteiger partial charge in [-0.15, -0.1) is 0 Å². The molecule has 1 aliphatic rings. The molecule has 27 heavy (non-hydrogen) atoms. The molecule has 1 saturated heterocycles. The van der Waals surface area contributed by atoms with E-state index in [1.807, 2.05) is 47.9 Å². The van der Waals surface area contributed by atoms with Gasteiger partial charge in [-0.25, -0.2) is 17.8 Å². The van der Waals surface area contributed by atoms with Gasteiger partial charge in [0, 0.05) is 17.7 Å². The first-order valence-electron chi connectivity index (χ1n) is 9.00. The normalized spacial score (nSPS) is 18.7. The summed E-state index contributed by atoms with van der Waals surface area (Å²) in [5.41, 5.74) is 4.15. The average Bonchev–Trinajstić information content (AvgIpc) is 3.18. The van der Waals surface area contributed by atoms with Gasteiger partial charge in [-0.05, 0) is 43.0 Å². The van der Waals surface area contributed by atoms with Crippen LogP contribution in [0.1, 0.15) is 12.0 Å². The topological polar surface area (TPSA) is 52.0 Å². The Kier molecular flexibility index (Phi) is 4.60. The summed E-state index contributed by atoms with van der Waals surface area (Å²) in [6, 6.07) is 14.7. The molecular formula is C21H21FN2O2S. The molecule has 0 aliphatic carbocycles. The number of imidazole rings is 1. The lowest BCUT2D eigenvalue weighted by atomic mass is 10.0. The average molecular weight is 384 g/mol. The van der Waals surface area contributed by atoms with Gasteiger partial charge >= 0.3 is 0 Å². The standard InChI is InChI=1S/C21H21FN2O2S/c1-15-9-18(11-19(22)10-15)21-20(17-5-3-2-4-6-17)23-14-24(21)12-16-7-8-27(25,26)13-16/h2-6,9-11,14,16H,7-8,12-13H2,1H3/t16-/m1/s1. The molecule has 4 rings (SSSR count). The van der Waals surface area contributed by atoms with Gasteiger partial charge in [-0.2, -0.15) is 0 Å². The molecule has 0 saturated carbocycles. The summed E-state index contributed by atoms with van der Waals surface area (Å²) in [5.74, 6) is 0.209. The van der Waals surface area contributed by atoms with Crippen molar-refractivity contribution in [1.29, 1.82) is 0 Å². The van der Waals surface area contributed by atoms with Crippen LogP contribution in [0.3, 0.4) is 0 Å². The number of aryl methyl sites for hydroxylation is 1. The minimum atomic E-state index is -2.95. The predicted octanol–water partition coefficient (Wildman–Crippen LogP) is 4.10. The molecule has 0 spiro atoms. The zero-order valence-corrected chi connectivity index (χ0v) is 15.9. The molecule has 0 N–H and O–H groups in total. The summed E-state index contributed by atoms with van der Waals surface area (Å²) in [5, 5.41) is 0. The van der Waals surface area contributed by atoms with Gasteiger partial charge in [0.15, 0.2) is 9.84 Å². The fraction of sp³-hybridized carbons (Fsp3) is 0.286. The zero-order chi connectivity index (χ0) is 19.0. The summed E-state index contributed by atoms with van der Waals surface area (Å²) < 4.78 is 39.7. The molecule has 0 bridgehead atoms. The van der Waals surface area contributed by atoms with Gasteiger partial charge in [0.05, 0.1) is 29.2 Å². The minimum absolute atomic E-state index is 0.0567. The lowest BCUT2D eigenvalue weighted by Crippen LogP contribution is -2.13. The van der Waals surface area contributed by atoms with Crippen molar-refractivity contribution >= 4 is 9.84 Å². The highest BCUT2D eigenvalue weighted by Crippen LogP contribution is 2.33. The Balaban J connectivity index is 1.81. The number of sulfone groups is 1. The van der Waals surface area contributed by atoms with Crippen LogP contribution in [-0.2, 0) is 16.4 Å². The molecule has 1 fully saturated rings. The van der Waals surface area contributed by atoms with Gasteiger partial charge in [-0.1, -0.05) is 30.3 Å². The summed E-state index contributed by atoms with van der Waals surface area (Å²) in [7, 11) is -2.95. The Morgan fingerprint density at radius 2 is 1.93 bits per heavy atom. The number of halogens is 1. The molecule has 1 aromatic heterocycles. The Labute approximate surface area is 158 Å². The lowest BCUT2D eigenvalue weighted by molar-refractivity contribution is 0.493. The van der Waals surface area contributed by atoms with E-state index < -0.39 is 9.84 Å². The highest BCUT2D eigenvalue weighted by molar-refractivity contribution is 7.91. The second-order valence-electron chi connectivity index (χ2n) is 7.25. The summed E-state index contributed by atoms with van der Waals surface area (Å²) in [4.78, 5) is 4.59. The third kappa shape index (κ3) is 3.81. The highest BCUT2D eigenvalue weighted by atomic mass is 32.2. The number of aromatic nitrogens is 2. The van der Waals surface area contributed by atoms with E-state index in [0.29, 0.717) is 13.0 Å². The van der Waals surface area contributed by atoms with Crippen molar-refractivity contribution in [2.45, 2.75) is 19.9 Å². The van der Waals surface area contributed by atoms with E-state index in [0.717, 1.165) is 28.1 Å². The van der Waals surface area contributed by atoms with Gasteiger partial charge in [0.25, 0.3) is 0 Å². The van der Waals surface area contributed by atoms with Crippen LogP contribution >= 0.6 is 0 Å². The molecular weight excluding hydrogens is 363 g/mol. The summed E-state index contributed by atoms with van der Waals surface area (Å²) >= 11 is 0. The van der Waals surface area contributed by atoms with Gasteiger partial charge in [-0.3, -0.25) is 0 Å². The van der Waals surface area contributed by atoms with E-state index in [1.54, 1.807) is 6.33 Å². The first-order valence-corrected chi connectivity index (χ1v) is 10.8. The molecule has 0 radical (unpaired) electrons. The molecule has 2 heterocycles. The Hall–Kier alpha value is -2.47. The van der Waals surface area contributed by atoms with Crippen LogP contribution in [-0.4, -0.2) is 29.5 Å². The largest absolute Gasteiger partial charge is 0.330 e. The molecule has 0 amide bonds. The van der Waals surface area contributed by atoms with Crippen molar-refractivity contribution in [2.75, 3.05) is 11.5 Å². The number of hydrogen-bond acceptors (Lipinski definition) is 3. The first kappa shape index (κ1) is 17.9. The lowest BCUT2D eigenvalue weighted by Gasteiger charge is -2.14. The molecule has 3 aromatic rings. The van der Waals surface area contributed by atoms with Crippen LogP contribution in [0, 0.1) is 18.7 Å². The fourth-order valence-electron chi connectivity index (χ4n) is 3.80. The monoisotopic (exact) mass is 384 g/mol. The number of rotatable bonds is 4. The smallest absolute Gasteiger partial charge is 0.150 e. The Morgan fingerprint density at radius 3 is 2.59 bits per heavy atom. The number of nitrogens with zero attached hydrogens (tertiary/aromatic N) is 2. The van der Waals surface area contributed by atoms with Gasteiger partial charge in [0.1, 0.15) is 5.82 Å². The van der Waals surface area contributed by atoms with E-state index in [4.69, 9.17) is 0 Å². The molecule has 0 unspecified atom stereocenters. The second-order valence-corrected chi connectivity index (χ2v) is 9.48. The molecule has 1 atom stereocenters. The van der Waals surface area contributed by atoms with Crippen molar-refractivity contribution in [3.63, 3.8) is 0 Å². The summed E-state index contributed by atoms with van der Waals surface area (Å²) in [6.07, 6.45) is 2.39. The zero-order valence-electron chi connectivity index (χ0n) is 15.1. The van der Waals surface area contributed by atoms with Gasteiger partial charge < -0.3 is 4.57 Å². The fourth-order valence-corrected chi connectivity index (χ4v) is 5.65. The van der Waals surface area contributed by atoms with Crippen LogP contribution in [0.15, 0.2) is 54.9 Å². The van der Waals surface area contributed by atoms with Crippen molar-refractivity contribution in [3.05, 3.63) is 66.2 Å². The third-order valence-electron chi connectivity index (χ3n) is 4.98. The molecule has 4 nitrogen and oxygen atoms in total. The maximum Gasteiger partial charge on any atom is 0.150 e. The highest BCUT2D eigenvalue weighted by Gasteiger charge is 2.29. The SMILES string of the molecule is Cc1cc(F)cc(-c2c(-c3ccccc3)ncn2C[C@H]2CCS(=O)(=O)C2)c1. The minimum Gasteiger partial charge on any atom is -0.330 e. The van der Waals surface area contributed by atoms with E-state index in [2.05, 4.69) is 4.98 Å². The molecule has 140 valence electrons. The van der Waals surface area contributed by atoms with Crippen LogP contribution in [0.2, 0.25) is 0 Å². The van der Waals surface area contributed by atoms with Crippen LogP contribution in [0.25, 0.3) is 22.5 Å². The van der Waals surface area contributed by atoms with E-state index in [1.165, 1.54) is 12.1 Å². The Morgan fingerprint density at radius 1 is 1.15 bits per heavy atom. The van der Waals surface area contributed by atoms with Crippen molar-refractivity contribution in [3.8, 4) is 22.5 Å². The maximum atomic E-state index is 14.1. The molecule has 6 heteroatoms. The number of benzene rings is 2. The van der Waals surface area contributed by atoms with Crippen LogP contribution in [0.4, 0.5) is 4.39 Å². The van der Waals surface area contributed by atoms with E-state index in [9.17, 15) is 12.8 Å².